The molecule has 0 bridgehead atoms. The summed E-state index contributed by atoms with van der Waals surface area (Å²) in [5, 5.41) is 10.3. The molecule has 92 valence electrons. The largest absolute Gasteiger partial charge is 0.394 e. The molecular weight excluding hydrogens is 222 g/mol. The molecule has 0 aliphatic rings. The van der Waals surface area contributed by atoms with E-state index in [4.69, 9.17) is 0 Å². The molecule has 4 nitrogen and oxygen atoms in total. The second-order valence-electron chi connectivity index (χ2n) is 4.83. The Morgan fingerprint density at radius 2 is 2.00 bits per heavy atom. The van der Waals surface area contributed by atoms with Crippen molar-refractivity contribution in [2.75, 3.05) is 32.6 Å². The predicted molar refractivity (Wildman–Crippen MR) is 69.1 cm³/mol. The zero-order chi connectivity index (χ0) is 12.3. The van der Waals surface area contributed by atoms with Gasteiger partial charge < -0.3 is 10.0 Å². The standard InChI is InChI=1S/C11H21N3OS/c1-11(2,8-15)14(5)7-9-6-12-10(16-9)13(3)4/h6,15H,7-8H2,1-5H3. The molecule has 0 saturated heterocycles. The summed E-state index contributed by atoms with van der Waals surface area (Å²) >= 11 is 1.69. The van der Waals surface area contributed by atoms with Crippen LogP contribution in [0.25, 0.3) is 0 Å². The summed E-state index contributed by atoms with van der Waals surface area (Å²) in [5.41, 5.74) is -0.192. The quantitative estimate of drug-likeness (QED) is 0.849. The average Bonchev–Trinajstić information content (AvgIpc) is 2.66. The molecule has 1 aromatic heterocycles. The SMILES string of the molecule is CN(C)c1ncc(CN(C)C(C)(C)CO)s1. The fourth-order valence-electron chi connectivity index (χ4n) is 1.15. The van der Waals surface area contributed by atoms with Crippen LogP contribution >= 0.6 is 11.3 Å². The molecule has 5 heteroatoms. The van der Waals surface area contributed by atoms with E-state index in [2.05, 4.69) is 9.88 Å². The minimum absolute atomic E-state index is 0.156. The van der Waals surface area contributed by atoms with Gasteiger partial charge in [-0.05, 0) is 20.9 Å². The van der Waals surface area contributed by atoms with Gasteiger partial charge in [-0.1, -0.05) is 0 Å². The molecule has 1 rings (SSSR count). The zero-order valence-corrected chi connectivity index (χ0v) is 11.5. The van der Waals surface area contributed by atoms with Crippen LogP contribution in [0.2, 0.25) is 0 Å². The van der Waals surface area contributed by atoms with Gasteiger partial charge >= 0.3 is 0 Å². The number of aromatic nitrogens is 1. The van der Waals surface area contributed by atoms with Crippen molar-refractivity contribution in [3.63, 3.8) is 0 Å². The molecule has 1 heterocycles. The van der Waals surface area contributed by atoms with Crippen molar-refractivity contribution < 1.29 is 5.11 Å². The molecule has 0 saturated carbocycles. The molecule has 1 N–H and O–H groups in total. The van der Waals surface area contributed by atoms with E-state index < -0.39 is 0 Å². The number of rotatable bonds is 5. The summed E-state index contributed by atoms with van der Waals surface area (Å²) in [6, 6.07) is 0. The summed E-state index contributed by atoms with van der Waals surface area (Å²) in [7, 11) is 6.00. The van der Waals surface area contributed by atoms with Gasteiger partial charge in [0.25, 0.3) is 0 Å². The Kier molecular flexibility index (Phi) is 4.29. The van der Waals surface area contributed by atoms with Gasteiger partial charge in [0.1, 0.15) is 0 Å². The molecule has 0 radical (unpaired) electrons. The second kappa shape index (κ2) is 5.12. The van der Waals surface area contributed by atoms with Crippen LogP contribution in [0.1, 0.15) is 18.7 Å². The smallest absolute Gasteiger partial charge is 0.185 e. The van der Waals surface area contributed by atoms with Crippen LogP contribution < -0.4 is 4.90 Å². The molecule has 0 aliphatic carbocycles. The highest BCUT2D eigenvalue weighted by atomic mass is 32.1. The number of nitrogens with zero attached hydrogens (tertiary/aromatic N) is 3. The molecule has 0 fully saturated rings. The van der Waals surface area contributed by atoms with Gasteiger partial charge in [-0.2, -0.15) is 0 Å². The number of hydrogen-bond acceptors (Lipinski definition) is 5. The lowest BCUT2D eigenvalue weighted by molar-refractivity contribution is 0.0741. The number of hydrogen-bond donors (Lipinski definition) is 1. The Labute approximate surface area is 102 Å². The van der Waals surface area contributed by atoms with Crippen LogP contribution in [0.15, 0.2) is 6.20 Å². The van der Waals surface area contributed by atoms with Crippen LogP contribution in [-0.4, -0.2) is 48.3 Å². The first-order valence-corrected chi connectivity index (χ1v) is 6.12. The lowest BCUT2D eigenvalue weighted by Crippen LogP contribution is -2.43. The molecular formula is C11H21N3OS. The maximum atomic E-state index is 9.27. The van der Waals surface area contributed by atoms with E-state index in [1.165, 1.54) is 4.88 Å². The zero-order valence-electron chi connectivity index (χ0n) is 10.7. The molecule has 1 aromatic rings. The fourth-order valence-corrected chi connectivity index (χ4v) is 2.03. The van der Waals surface area contributed by atoms with Crippen LogP contribution in [0.5, 0.6) is 0 Å². The summed E-state index contributed by atoms with van der Waals surface area (Å²) in [6.45, 7) is 5.03. The maximum absolute atomic E-state index is 9.27. The van der Waals surface area contributed by atoms with Gasteiger partial charge in [-0.3, -0.25) is 4.90 Å². The highest BCUT2D eigenvalue weighted by Crippen LogP contribution is 2.23. The van der Waals surface area contributed by atoms with Gasteiger partial charge in [0.05, 0.1) is 6.61 Å². The summed E-state index contributed by atoms with van der Waals surface area (Å²) in [4.78, 5) is 9.69. The fraction of sp³-hybridized carbons (Fsp3) is 0.727. The summed E-state index contributed by atoms with van der Waals surface area (Å²) < 4.78 is 0. The monoisotopic (exact) mass is 243 g/mol. The van der Waals surface area contributed by atoms with Crippen LogP contribution in [0, 0.1) is 0 Å². The van der Waals surface area contributed by atoms with Gasteiger partial charge in [0, 0.05) is 37.3 Å². The molecule has 0 amide bonds. The Morgan fingerprint density at radius 3 is 2.44 bits per heavy atom. The Morgan fingerprint density at radius 1 is 1.38 bits per heavy atom. The van der Waals surface area contributed by atoms with Crippen LogP contribution in [0.4, 0.5) is 5.13 Å². The lowest BCUT2D eigenvalue weighted by atomic mass is 10.1. The predicted octanol–water partition coefficient (Wildman–Crippen LogP) is 1.41. The molecule has 0 spiro atoms. The molecule has 0 aromatic carbocycles. The number of aliphatic hydroxyl groups excluding tert-OH is 1. The number of thiazole rings is 1. The molecule has 0 unspecified atom stereocenters. The van der Waals surface area contributed by atoms with E-state index in [0.29, 0.717) is 0 Å². The van der Waals surface area contributed by atoms with Crippen molar-refractivity contribution in [2.45, 2.75) is 25.9 Å². The van der Waals surface area contributed by atoms with E-state index in [-0.39, 0.29) is 12.1 Å². The maximum Gasteiger partial charge on any atom is 0.185 e. The highest BCUT2D eigenvalue weighted by molar-refractivity contribution is 7.15. The third-order valence-electron chi connectivity index (χ3n) is 2.74. The third-order valence-corrected chi connectivity index (χ3v) is 3.89. The van der Waals surface area contributed by atoms with Gasteiger partial charge in [-0.25, -0.2) is 4.98 Å². The molecule has 0 aliphatic heterocycles. The second-order valence-corrected chi connectivity index (χ2v) is 5.92. The van der Waals surface area contributed by atoms with E-state index in [1.807, 2.05) is 46.1 Å². The topological polar surface area (TPSA) is 39.6 Å². The Hall–Kier alpha value is -0.650. The first-order valence-electron chi connectivity index (χ1n) is 5.31. The summed E-state index contributed by atoms with van der Waals surface area (Å²) in [5.74, 6) is 0. The van der Waals surface area contributed by atoms with Crippen molar-refractivity contribution in [1.82, 2.24) is 9.88 Å². The lowest BCUT2D eigenvalue weighted by Gasteiger charge is -2.33. The van der Waals surface area contributed by atoms with Crippen molar-refractivity contribution >= 4 is 16.5 Å². The van der Waals surface area contributed by atoms with E-state index >= 15 is 0 Å². The van der Waals surface area contributed by atoms with Crippen molar-refractivity contribution in [2.24, 2.45) is 0 Å². The molecule has 16 heavy (non-hydrogen) atoms. The normalized spacial score (nSPS) is 12.2. The van der Waals surface area contributed by atoms with E-state index in [0.717, 1.165) is 11.7 Å². The first kappa shape index (κ1) is 13.4. The average molecular weight is 243 g/mol. The van der Waals surface area contributed by atoms with Crippen molar-refractivity contribution in [3.05, 3.63) is 11.1 Å². The number of aliphatic hydroxyl groups is 1. The summed E-state index contributed by atoms with van der Waals surface area (Å²) in [6.07, 6.45) is 1.91. The Bertz CT molecular complexity index is 336. The van der Waals surface area contributed by atoms with Crippen LogP contribution in [0.3, 0.4) is 0 Å². The minimum Gasteiger partial charge on any atom is -0.394 e. The minimum atomic E-state index is -0.192. The van der Waals surface area contributed by atoms with E-state index in [1.54, 1.807) is 11.3 Å². The van der Waals surface area contributed by atoms with Crippen LogP contribution in [-0.2, 0) is 6.54 Å². The third kappa shape index (κ3) is 3.17. The van der Waals surface area contributed by atoms with E-state index in [9.17, 15) is 5.11 Å². The number of likely N-dealkylation sites (N-methyl/N-ethyl adjacent to an activating group) is 1. The van der Waals surface area contributed by atoms with Crippen molar-refractivity contribution in [1.29, 1.82) is 0 Å². The highest BCUT2D eigenvalue weighted by Gasteiger charge is 2.22. The van der Waals surface area contributed by atoms with Gasteiger partial charge in [0.15, 0.2) is 5.13 Å². The number of anilines is 1. The van der Waals surface area contributed by atoms with Gasteiger partial charge in [-0.15, -0.1) is 11.3 Å². The Balaban J connectivity index is 2.66. The first-order chi connectivity index (χ1) is 7.36. The van der Waals surface area contributed by atoms with Crippen molar-refractivity contribution in [3.8, 4) is 0 Å². The van der Waals surface area contributed by atoms with Gasteiger partial charge in [0.2, 0.25) is 0 Å². The molecule has 0 atom stereocenters.